The second-order valence-corrected chi connectivity index (χ2v) is 3.02. The number of ether oxygens (including phenoxy) is 2. The van der Waals surface area contributed by atoms with Gasteiger partial charge in [0.2, 0.25) is 0 Å². The van der Waals surface area contributed by atoms with Crippen LogP contribution < -0.4 is 0 Å². The molecule has 0 amide bonds. The summed E-state index contributed by atoms with van der Waals surface area (Å²) in [5, 5.41) is 8.33. The minimum absolute atomic E-state index is 0.178. The molecule has 0 saturated carbocycles. The van der Waals surface area contributed by atoms with Gasteiger partial charge in [0.25, 0.3) is 0 Å². The van der Waals surface area contributed by atoms with E-state index in [-0.39, 0.29) is 6.10 Å². The first-order valence-corrected chi connectivity index (χ1v) is 4.59. The lowest BCUT2D eigenvalue weighted by Crippen LogP contribution is -2.28. The van der Waals surface area contributed by atoms with E-state index in [0.29, 0.717) is 6.61 Å². The van der Waals surface area contributed by atoms with Crippen LogP contribution >= 0.6 is 0 Å². The summed E-state index contributed by atoms with van der Waals surface area (Å²) < 4.78 is 9.89. The van der Waals surface area contributed by atoms with Crippen LogP contribution in [0.1, 0.15) is 33.6 Å². The number of carboxylic acid groups (broad SMARTS) is 1. The van der Waals surface area contributed by atoms with Gasteiger partial charge in [0.1, 0.15) is 6.10 Å². The molecule has 0 aliphatic carbocycles. The molecule has 0 saturated heterocycles. The lowest BCUT2D eigenvalue weighted by Gasteiger charge is -2.19. The maximum absolute atomic E-state index is 10.2. The molecule has 0 radical (unpaired) electrons. The fourth-order valence-electron chi connectivity index (χ4n) is 0.804. The maximum atomic E-state index is 10.2. The molecule has 0 aliphatic rings. The van der Waals surface area contributed by atoms with Gasteiger partial charge in [-0.05, 0) is 20.3 Å². The minimum Gasteiger partial charge on any atom is -0.450 e. The van der Waals surface area contributed by atoms with Crippen molar-refractivity contribution in [3.63, 3.8) is 0 Å². The predicted molar refractivity (Wildman–Crippen MR) is 48.9 cm³/mol. The van der Waals surface area contributed by atoms with Gasteiger partial charge in [0.15, 0.2) is 0 Å². The highest BCUT2D eigenvalue weighted by Gasteiger charge is 2.16. The standard InChI is InChI=1S/C9H18O4/c1-4-5-6-12-7(2)8(3)13-9(10)11/h7-8H,4-6H2,1-3H3,(H,10,11). The van der Waals surface area contributed by atoms with Crippen LogP contribution in [0.4, 0.5) is 4.79 Å². The van der Waals surface area contributed by atoms with Crippen molar-refractivity contribution < 1.29 is 19.4 Å². The van der Waals surface area contributed by atoms with Crippen LogP contribution in [0.5, 0.6) is 0 Å². The van der Waals surface area contributed by atoms with Crippen LogP contribution in [0.25, 0.3) is 0 Å². The SMILES string of the molecule is CCCCOC(C)C(C)OC(=O)O. The van der Waals surface area contributed by atoms with Gasteiger partial charge in [-0.25, -0.2) is 4.79 Å². The van der Waals surface area contributed by atoms with Gasteiger partial charge in [-0.15, -0.1) is 0 Å². The number of unbranched alkanes of at least 4 members (excludes halogenated alkanes) is 1. The second kappa shape index (κ2) is 6.71. The minimum atomic E-state index is -1.25. The van der Waals surface area contributed by atoms with Gasteiger partial charge >= 0.3 is 6.16 Å². The molecule has 78 valence electrons. The highest BCUT2D eigenvalue weighted by atomic mass is 16.7. The summed E-state index contributed by atoms with van der Waals surface area (Å²) in [6.07, 6.45) is 0.223. The van der Waals surface area contributed by atoms with Gasteiger partial charge in [-0.3, -0.25) is 0 Å². The summed E-state index contributed by atoms with van der Waals surface area (Å²) in [4.78, 5) is 10.2. The summed E-state index contributed by atoms with van der Waals surface area (Å²) in [5.41, 5.74) is 0. The lowest BCUT2D eigenvalue weighted by atomic mass is 10.2. The molecular weight excluding hydrogens is 172 g/mol. The van der Waals surface area contributed by atoms with Crippen molar-refractivity contribution in [2.45, 2.75) is 45.8 Å². The Hall–Kier alpha value is -0.770. The Bertz CT molecular complexity index is 147. The third kappa shape index (κ3) is 6.40. The molecule has 0 fully saturated rings. The fraction of sp³-hybridized carbons (Fsp3) is 0.889. The van der Waals surface area contributed by atoms with Crippen molar-refractivity contribution in [2.24, 2.45) is 0 Å². The summed E-state index contributed by atoms with van der Waals surface area (Å²) >= 11 is 0. The number of hydrogen-bond donors (Lipinski definition) is 1. The first-order valence-electron chi connectivity index (χ1n) is 4.59. The van der Waals surface area contributed by atoms with Gasteiger partial charge in [0, 0.05) is 6.61 Å². The lowest BCUT2D eigenvalue weighted by molar-refractivity contribution is -0.0406. The van der Waals surface area contributed by atoms with Gasteiger partial charge < -0.3 is 14.6 Å². The highest BCUT2D eigenvalue weighted by Crippen LogP contribution is 2.04. The molecule has 0 heterocycles. The van der Waals surface area contributed by atoms with Crippen molar-refractivity contribution in [3.05, 3.63) is 0 Å². The average molecular weight is 190 g/mol. The van der Waals surface area contributed by atoms with E-state index in [1.807, 2.05) is 6.92 Å². The van der Waals surface area contributed by atoms with Crippen LogP contribution in [0.2, 0.25) is 0 Å². The first-order chi connectivity index (χ1) is 6.07. The van der Waals surface area contributed by atoms with E-state index in [9.17, 15) is 4.79 Å². The summed E-state index contributed by atoms with van der Waals surface area (Å²) in [5.74, 6) is 0. The molecule has 0 bridgehead atoms. The Labute approximate surface area is 78.8 Å². The van der Waals surface area contributed by atoms with Crippen LogP contribution in [-0.2, 0) is 9.47 Å². The van der Waals surface area contributed by atoms with Crippen molar-refractivity contribution >= 4 is 6.16 Å². The van der Waals surface area contributed by atoms with Crippen LogP contribution in [0, 0.1) is 0 Å². The van der Waals surface area contributed by atoms with Crippen molar-refractivity contribution in [1.82, 2.24) is 0 Å². The van der Waals surface area contributed by atoms with Crippen molar-refractivity contribution in [3.8, 4) is 0 Å². The Morgan fingerprint density at radius 3 is 2.46 bits per heavy atom. The van der Waals surface area contributed by atoms with Crippen molar-refractivity contribution in [1.29, 1.82) is 0 Å². The zero-order valence-electron chi connectivity index (χ0n) is 8.45. The largest absolute Gasteiger partial charge is 0.506 e. The third-order valence-electron chi connectivity index (χ3n) is 1.83. The Balaban J connectivity index is 3.56. The maximum Gasteiger partial charge on any atom is 0.506 e. The zero-order chi connectivity index (χ0) is 10.3. The molecule has 2 unspecified atom stereocenters. The van der Waals surface area contributed by atoms with Gasteiger partial charge in [-0.1, -0.05) is 13.3 Å². The van der Waals surface area contributed by atoms with Crippen LogP contribution in [-0.4, -0.2) is 30.1 Å². The topological polar surface area (TPSA) is 55.8 Å². The molecule has 13 heavy (non-hydrogen) atoms. The van der Waals surface area contributed by atoms with Crippen molar-refractivity contribution in [2.75, 3.05) is 6.61 Å². The molecule has 0 rings (SSSR count). The summed E-state index contributed by atoms with van der Waals surface area (Å²) in [7, 11) is 0. The van der Waals surface area contributed by atoms with Crippen LogP contribution in [0.15, 0.2) is 0 Å². The number of hydrogen-bond acceptors (Lipinski definition) is 3. The third-order valence-corrected chi connectivity index (χ3v) is 1.83. The van der Waals surface area contributed by atoms with E-state index in [0.717, 1.165) is 12.8 Å². The molecule has 0 aromatic rings. The molecule has 0 aromatic heterocycles. The molecule has 0 spiro atoms. The fourth-order valence-corrected chi connectivity index (χ4v) is 0.804. The second-order valence-electron chi connectivity index (χ2n) is 3.02. The number of carbonyl (C=O) groups is 1. The van der Waals surface area contributed by atoms with E-state index in [4.69, 9.17) is 9.84 Å². The normalized spacial score (nSPS) is 15.0. The van der Waals surface area contributed by atoms with Gasteiger partial charge in [-0.2, -0.15) is 0 Å². The molecule has 0 aromatic carbocycles. The quantitative estimate of drug-likeness (QED) is 0.515. The van der Waals surface area contributed by atoms with Crippen LogP contribution in [0.3, 0.4) is 0 Å². The van der Waals surface area contributed by atoms with E-state index in [2.05, 4.69) is 11.7 Å². The molecule has 1 N–H and O–H groups in total. The average Bonchev–Trinajstić information content (AvgIpc) is 2.03. The first kappa shape index (κ1) is 12.2. The van der Waals surface area contributed by atoms with E-state index in [1.54, 1.807) is 6.92 Å². The summed E-state index contributed by atoms with van der Waals surface area (Å²) in [6, 6.07) is 0. The molecule has 2 atom stereocenters. The smallest absolute Gasteiger partial charge is 0.450 e. The number of rotatable bonds is 6. The van der Waals surface area contributed by atoms with Gasteiger partial charge in [0.05, 0.1) is 6.10 Å². The molecular formula is C9H18O4. The predicted octanol–water partition coefficient (Wildman–Crippen LogP) is 2.27. The summed E-state index contributed by atoms with van der Waals surface area (Å²) in [6.45, 7) is 6.23. The van der Waals surface area contributed by atoms with E-state index in [1.165, 1.54) is 0 Å². The Kier molecular flexibility index (Phi) is 6.32. The molecule has 0 aliphatic heterocycles. The Morgan fingerprint density at radius 1 is 1.38 bits per heavy atom. The molecule has 4 nitrogen and oxygen atoms in total. The monoisotopic (exact) mass is 190 g/mol. The highest BCUT2D eigenvalue weighted by molar-refractivity contribution is 5.57. The zero-order valence-corrected chi connectivity index (χ0v) is 8.45. The van der Waals surface area contributed by atoms with E-state index < -0.39 is 12.3 Å². The molecule has 4 heteroatoms. The van der Waals surface area contributed by atoms with E-state index >= 15 is 0 Å². The Morgan fingerprint density at radius 2 is 2.00 bits per heavy atom.